The molecule has 0 amide bonds. The van der Waals surface area contributed by atoms with Gasteiger partial charge in [0, 0.05) is 27.8 Å². The number of hydrogen-bond donors (Lipinski definition) is 0. The average Bonchev–Trinajstić information content (AvgIpc) is 3.36. The number of nitrogens with zero attached hydrogens (tertiary/aromatic N) is 4. The number of fused-ring (bicyclic) bond motifs is 2. The van der Waals surface area contributed by atoms with E-state index in [1.54, 1.807) is 0 Å². The summed E-state index contributed by atoms with van der Waals surface area (Å²) in [7, 11) is 0. The first kappa shape index (κ1) is 36.7. The fraction of sp³-hybridized carbons (Fsp3) is 0. The van der Waals surface area contributed by atoms with E-state index in [0.717, 1.165) is 61.1 Å². The lowest BCUT2D eigenvalue weighted by Crippen LogP contribution is -2.00. The molecule has 9 aromatic carbocycles. The van der Waals surface area contributed by atoms with Crippen LogP contribution in [-0.2, 0) is 0 Å². The molecule has 0 fully saturated rings. The maximum absolute atomic E-state index is 5.17. The highest BCUT2D eigenvalue weighted by molar-refractivity contribution is 5.93. The minimum atomic E-state index is 0.647. The van der Waals surface area contributed by atoms with Gasteiger partial charge < -0.3 is 0 Å². The summed E-state index contributed by atoms with van der Waals surface area (Å²) >= 11 is 0. The first-order chi connectivity index (χ1) is 30.7. The van der Waals surface area contributed by atoms with Gasteiger partial charge in [0.05, 0.1) is 11.4 Å². The van der Waals surface area contributed by atoms with Crippen LogP contribution in [0, 0.1) is 0 Å². The summed E-state index contributed by atoms with van der Waals surface area (Å²) < 4.78 is 0. The summed E-state index contributed by atoms with van der Waals surface area (Å²) in [6.45, 7) is 0. The Balaban J connectivity index is 0.889. The molecule has 0 aliphatic heterocycles. The van der Waals surface area contributed by atoms with Crippen molar-refractivity contribution >= 4 is 21.5 Å². The minimum absolute atomic E-state index is 0.647. The predicted octanol–water partition coefficient (Wildman–Crippen LogP) is 14.9. The van der Waals surface area contributed by atoms with Crippen LogP contribution in [0.25, 0.3) is 112 Å². The number of pyridine rings is 1. The molecule has 0 aliphatic rings. The lowest BCUT2D eigenvalue weighted by atomic mass is 9.95. The molecule has 62 heavy (non-hydrogen) atoms. The molecule has 0 radical (unpaired) electrons. The van der Waals surface area contributed by atoms with Gasteiger partial charge in [-0.3, -0.25) is 0 Å². The highest BCUT2D eigenvalue weighted by Gasteiger charge is 2.14. The summed E-state index contributed by atoms with van der Waals surface area (Å²) in [5.41, 5.74) is 14.0. The summed E-state index contributed by atoms with van der Waals surface area (Å²) in [4.78, 5) is 19.9. The molecular weight excluding hydrogens is 753 g/mol. The second-order valence-corrected chi connectivity index (χ2v) is 15.5. The first-order valence-electron chi connectivity index (χ1n) is 20.9. The van der Waals surface area contributed by atoms with Crippen molar-refractivity contribution in [1.82, 2.24) is 19.9 Å². The standard InChI is InChI=1S/C58H38N4/c1-5-14-39(15-6-1)53-37-54(40-16-7-2-8-17-40)59-55(38-53)51-30-28-47-33-45(24-26-49(47)35-51)43-22-13-23-44(32-43)46-25-27-50-36-52(31-29-48(50)34-46)58-61-56(41-18-9-3-10-19-41)60-57(62-58)42-20-11-4-12-21-42/h1-38H. The van der Waals surface area contributed by atoms with Crippen molar-refractivity contribution in [3.8, 4) is 90.1 Å². The zero-order chi connectivity index (χ0) is 41.2. The summed E-state index contributed by atoms with van der Waals surface area (Å²) in [5, 5.41) is 4.64. The summed E-state index contributed by atoms with van der Waals surface area (Å²) in [6, 6.07) is 80.9. The Labute approximate surface area is 360 Å². The molecule has 0 N–H and O–H groups in total. The molecule has 11 aromatic rings. The summed E-state index contributed by atoms with van der Waals surface area (Å²) in [5.74, 6) is 1.95. The second-order valence-electron chi connectivity index (χ2n) is 15.5. The van der Waals surface area contributed by atoms with Crippen molar-refractivity contribution < 1.29 is 0 Å². The van der Waals surface area contributed by atoms with Crippen LogP contribution < -0.4 is 0 Å². The molecule has 4 heteroatoms. The zero-order valence-electron chi connectivity index (χ0n) is 33.7. The molecule has 2 aromatic heterocycles. The maximum atomic E-state index is 5.17. The van der Waals surface area contributed by atoms with Crippen molar-refractivity contribution in [2.75, 3.05) is 0 Å². The van der Waals surface area contributed by atoms with Crippen LogP contribution in [0.2, 0.25) is 0 Å². The highest BCUT2D eigenvalue weighted by Crippen LogP contribution is 2.35. The third kappa shape index (κ3) is 7.42. The molecule has 0 unspecified atom stereocenters. The second kappa shape index (κ2) is 16.0. The zero-order valence-corrected chi connectivity index (χ0v) is 33.7. The van der Waals surface area contributed by atoms with Crippen molar-refractivity contribution in [3.05, 3.63) is 231 Å². The fourth-order valence-corrected chi connectivity index (χ4v) is 8.20. The molecule has 4 nitrogen and oxygen atoms in total. The Hall–Kier alpha value is -8.34. The van der Waals surface area contributed by atoms with E-state index in [0.29, 0.717) is 17.5 Å². The van der Waals surface area contributed by atoms with Crippen LogP contribution in [0.4, 0.5) is 0 Å². The van der Waals surface area contributed by atoms with Crippen molar-refractivity contribution in [1.29, 1.82) is 0 Å². The molecular formula is C58H38N4. The molecule has 0 atom stereocenters. The van der Waals surface area contributed by atoms with E-state index in [2.05, 4.69) is 164 Å². The van der Waals surface area contributed by atoms with E-state index in [1.807, 2.05) is 66.7 Å². The van der Waals surface area contributed by atoms with Crippen LogP contribution in [-0.4, -0.2) is 19.9 Å². The van der Waals surface area contributed by atoms with Crippen LogP contribution in [0.3, 0.4) is 0 Å². The van der Waals surface area contributed by atoms with Gasteiger partial charge in [0.25, 0.3) is 0 Å². The lowest BCUT2D eigenvalue weighted by Gasteiger charge is -2.12. The van der Waals surface area contributed by atoms with Crippen molar-refractivity contribution in [2.24, 2.45) is 0 Å². The Morgan fingerprint density at radius 1 is 0.177 bits per heavy atom. The van der Waals surface area contributed by atoms with Crippen LogP contribution in [0.15, 0.2) is 231 Å². The van der Waals surface area contributed by atoms with E-state index in [9.17, 15) is 0 Å². The van der Waals surface area contributed by atoms with Gasteiger partial charge in [-0.1, -0.05) is 188 Å². The molecule has 0 aliphatic carbocycles. The number of hydrogen-bond acceptors (Lipinski definition) is 4. The fourth-order valence-electron chi connectivity index (χ4n) is 8.20. The summed E-state index contributed by atoms with van der Waals surface area (Å²) in [6.07, 6.45) is 0. The molecule has 2 heterocycles. The van der Waals surface area contributed by atoms with Gasteiger partial charge in [0.2, 0.25) is 0 Å². The van der Waals surface area contributed by atoms with Crippen LogP contribution >= 0.6 is 0 Å². The van der Waals surface area contributed by atoms with Gasteiger partial charge in [-0.2, -0.15) is 0 Å². The molecule has 0 spiro atoms. The Bertz CT molecular complexity index is 3050. The van der Waals surface area contributed by atoms with Crippen LogP contribution in [0.1, 0.15) is 0 Å². The molecule has 290 valence electrons. The molecule has 11 rings (SSSR count). The van der Waals surface area contributed by atoms with Gasteiger partial charge in [-0.25, -0.2) is 19.9 Å². The van der Waals surface area contributed by atoms with Gasteiger partial charge in [0.15, 0.2) is 17.5 Å². The normalized spacial score (nSPS) is 11.2. The largest absolute Gasteiger partial charge is 0.248 e. The van der Waals surface area contributed by atoms with E-state index < -0.39 is 0 Å². The van der Waals surface area contributed by atoms with Crippen LogP contribution in [0.5, 0.6) is 0 Å². The number of aromatic nitrogens is 4. The van der Waals surface area contributed by atoms with Gasteiger partial charge in [-0.05, 0) is 97.4 Å². The van der Waals surface area contributed by atoms with E-state index in [1.165, 1.54) is 33.0 Å². The highest BCUT2D eigenvalue weighted by atomic mass is 15.0. The Kier molecular flexibility index (Phi) is 9.49. The van der Waals surface area contributed by atoms with Gasteiger partial charge in [-0.15, -0.1) is 0 Å². The average molecular weight is 791 g/mol. The van der Waals surface area contributed by atoms with Gasteiger partial charge >= 0.3 is 0 Å². The van der Waals surface area contributed by atoms with E-state index >= 15 is 0 Å². The predicted molar refractivity (Wildman–Crippen MR) is 256 cm³/mol. The minimum Gasteiger partial charge on any atom is -0.248 e. The number of rotatable bonds is 8. The monoisotopic (exact) mass is 790 g/mol. The maximum Gasteiger partial charge on any atom is 0.164 e. The van der Waals surface area contributed by atoms with Gasteiger partial charge in [0.1, 0.15) is 0 Å². The SMILES string of the molecule is c1ccc(-c2cc(-c3ccccc3)nc(-c3ccc4cc(-c5cccc(-c6ccc7cc(-c8nc(-c9ccccc9)nc(-c9ccccc9)n8)ccc7c6)c5)ccc4c3)c2)cc1. The smallest absolute Gasteiger partial charge is 0.164 e. The topological polar surface area (TPSA) is 51.6 Å². The third-order valence-corrected chi connectivity index (χ3v) is 11.5. The Morgan fingerprint density at radius 2 is 0.516 bits per heavy atom. The quantitative estimate of drug-likeness (QED) is 0.154. The number of benzene rings is 9. The van der Waals surface area contributed by atoms with E-state index in [4.69, 9.17) is 19.9 Å². The van der Waals surface area contributed by atoms with Crippen molar-refractivity contribution in [3.63, 3.8) is 0 Å². The Morgan fingerprint density at radius 3 is 1.02 bits per heavy atom. The van der Waals surface area contributed by atoms with Crippen molar-refractivity contribution in [2.45, 2.75) is 0 Å². The molecule has 0 saturated carbocycles. The molecule has 0 bridgehead atoms. The molecule has 0 saturated heterocycles. The third-order valence-electron chi connectivity index (χ3n) is 11.5. The lowest BCUT2D eigenvalue weighted by molar-refractivity contribution is 1.07. The van der Waals surface area contributed by atoms with E-state index in [-0.39, 0.29) is 0 Å². The first-order valence-corrected chi connectivity index (χ1v) is 20.9.